The van der Waals surface area contributed by atoms with Crippen molar-refractivity contribution in [1.82, 2.24) is 15.2 Å². The van der Waals surface area contributed by atoms with Gasteiger partial charge in [-0.15, -0.1) is 11.3 Å². The highest BCUT2D eigenvalue weighted by Crippen LogP contribution is 2.53. The third-order valence-corrected chi connectivity index (χ3v) is 7.20. The van der Waals surface area contributed by atoms with Crippen LogP contribution in [-0.2, 0) is 9.47 Å². The van der Waals surface area contributed by atoms with Gasteiger partial charge in [-0.25, -0.2) is 4.79 Å². The second-order valence-electron chi connectivity index (χ2n) is 8.28. The van der Waals surface area contributed by atoms with Gasteiger partial charge in [0.25, 0.3) is 5.91 Å². The maximum absolute atomic E-state index is 12.4. The molecule has 1 N–H and O–H groups in total. The Labute approximate surface area is 167 Å². The standard InChI is InChI=1S/C20H23N3O4S/c1-20(10-26-11-20)27-19(25)23-8-14-13(15(14)9-23)2-5-22-18(24)17-6-12-7-21-4-3-16(12)28-17/h3-4,6-7,13-15H,2,5,8-11H2,1H3,(H,22,24)/t13?,14-,15+. The summed E-state index contributed by atoms with van der Waals surface area (Å²) in [5.74, 6) is 1.67. The fraction of sp³-hybridized carbons (Fsp3) is 0.550. The molecule has 2 aromatic rings. The van der Waals surface area contributed by atoms with Gasteiger partial charge >= 0.3 is 6.09 Å². The van der Waals surface area contributed by atoms with Crippen LogP contribution in [0.2, 0.25) is 0 Å². The van der Waals surface area contributed by atoms with Crippen molar-refractivity contribution in [1.29, 1.82) is 0 Å². The molecule has 0 radical (unpaired) electrons. The first-order chi connectivity index (χ1) is 13.5. The van der Waals surface area contributed by atoms with E-state index < -0.39 is 5.60 Å². The maximum Gasteiger partial charge on any atom is 0.410 e. The van der Waals surface area contributed by atoms with E-state index >= 15 is 0 Å². The molecule has 2 amide bonds. The number of amides is 2. The quantitative estimate of drug-likeness (QED) is 0.833. The molecule has 1 saturated carbocycles. The van der Waals surface area contributed by atoms with Crippen molar-refractivity contribution in [3.8, 4) is 0 Å². The predicted octanol–water partition coefficient (Wildman–Crippen LogP) is 2.52. The highest BCUT2D eigenvalue weighted by Gasteiger charge is 2.56. The molecule has 3 fully saturated rings. The van der Waals surface area contributed by atoms with Gasteiger partial charge in [0.1, 0.15) is 0 Å². The van der Waals surface area contributed by atoms with Crippen LogP contribution in [0.1, 0.15) is 23.0 Å². The second-order valence-corrected chi connectivity index (χ2v) is 9.36. The van der Waals surface area contributed by atoms with Crippen molar-refractivity contribution >= 4 is 33.4 Å². The van der Waals surface area contributed by atoms with Gasteiger partial charge in [0.2, 0.25) is 0 Å². The Hall–Kier alpha value is -2.19. The number of thiophene rings is 1. The van der Waals surface area contributed by atoms with E-state index in [1.165, 1.54) is 11.3 Å². The molecule has 1 unspecified atom stereocenters. The van der Waals surface area contributed by atoms with Crippen LogP contribution in [0.4, 0.5) is 4.79 Å². The number of hydrogen-bond donors (Lipinski definition) is 1. The Bertz CT molecular complexity index is 880. The lowest BCUT2D eigenvalue weighted by molar-refractivity contribution is -0.171. The van der Waals surface area contributed by atoms with Gasteiger partial charge in [-0.2, -0.15) is 0 Å². The smallest absolute Gasteiger partial charge is 0.410 e. The third-order valence-electron chi connectivity index (χ3n) is 6.08. The number of hydrogen-bond acceptors (Lipinski definition) is 6. The Kier molecular flexibility index (Phi) is 4.28. The Morgan fingerprint density at radius 2 is 2.18 bits per heavy atom. The minimum Gasteiger partial charge on any atom is -0.438 e. The Morgan fingerprint density at radius 1 is 1.39 bits per heavy atom. The Balaban J connectivity index is 1.06. The number of carbonyl (C=O) groups excluding carboxylic acids is 2. The molecule has 7 nitrogen and oxygen atoms in total. The van der Waals surface area contributed by atoms with Crippen molar-refractivity contribution in [3.05, 3.63) is 29.4 Å². The number of fused-ring (bicyclic) bond motifs is 2. The van der Waals surface area contributed by atoms with Gasteiger partial charge in [0.15, 0.2) is 5.60 Å². The molecule has 5 rings (SSSR count). The predicted molar refractivity (Wildman–Crippen MR) is 104 cm³/mol. The average molecular weight is 401 g/mol. The van der Waals surface area contributed by atoms with E-state index in [4.69, 9.17) is 9.47 Å². The van der Waals surface area contributed by atoms with Crippen LogP contribution in [-0.4, -0.2) is 60.3 Å². The van der Waals surface area contributed by atoms with E-state index in [1.807, 2.05) is 24.0 Å². The number of ether oxygens (including phenoxy) is 2. The molecule has 0 spiro atoms. The van der Waals surface area contributed by atoms with E-state index in [0.717, 1.165) is 34.5 Å². The molecule has 4 heterocycles. The molecule has 3 atom stereocenters. The molecule has 0 bridgehead atoms. The van der Waals surface area contributed by atoms with Crippen molar-refractivity contribution in [2.24, 2.45) is 17.8 Å². The SMILES string of the molecule is CC1(OC(=O)N2C[C@@H]3C(CCNC(=O)c4cc5cnccc5s4)[C@@H]3C2)COC1. The van der Waals surface area contributed by atoms with Crippen LogP contribution in [0, 0.1) is 17.8 Å². The first-order valence-electron chi connectivity index (χ1n) is 9.70. The van der Waals surface area contributed by atoms with E-state index in [-0.39, 0.29) is 12.0 Å². The number of piperidine rings is 1. The van der Waals surface area contributed by atoms with Gasteiger partial charge in [-0.05, 0) is 43.2 Å². The maximum atomic E-state index is 12.4. The molecular weight excluding hydrogens is 378 g/mol. The van der Waals surface area contributed by atoms with E-state index in [0.29, 0.717) is 37.5 Å². The number of nitrogens with zero attached hydrogens (tertiary/aromatic N) is 2. The van der Waals surface area contributed by atoms with Gasteiger partial charge in [0, 0.05) is 42.1 Å². The zero-order valence-electron chi connectivity index (χ0n) is 15.7. The van der Waals surface area contributed by atoms with Crippen LogP contribution in [0.3, 0.4) is 0 Å². The zero-order valence-corrected chi connectivity index (χ0v) is 16.5. The highest BCUT2D eigenvalue weighted by molar-refractivity contribution is 7.20. The van der Waals surface area contributed by atoms with Crippen molar-refractivity contribution < 1.29 is 19.1 Å². The number of rotatable bonds is 5. The fourth-order valence-electron chi connectivity index (χ4n) is 4.39. The normalized spacial score (nSPS) is 27.2. The van der Waals surface area contributed by atoms with Crippen LogP contribution < -0.4 is 5.32 Å². The van der Waals surface area contributed by atoms with E-state index in [1.54, 1.807) is 12.4 Å². The lowest BCUT2D eigenvalue weighted by Crippen LogP contribution is -2.52. The lowest BCUT2D eigenvalue weighted by atomic mass is 10.1. The minimum absolute atomic E-state index is 0.0202. The lowest BCUT2D eigenvalue weighted by Gasteiger charge is -2.38. The number of carbonyl (C=O) groups is 2. The van der Waals surface area contributed by atoms with E-state index in [2.05, 4.69) is 10.3 Å². The zero-order chi connectivity index (χ0) is 19.3. The molecular formula is C20H23N3O4S. The second kappa shape index (κ2) is 6.70. The third kappa shape index (κ3) is 3.24. The van der Waals surface area contributed by atoms with E-state index in [9.17, 15) is 9.59 Å². The van der Waals surface area contributed by atoms with Gasteiger partial charge in [0.05, 0.1) is 18.1 Å². The number of likely N-dealkylation sites (tertiary alicyclic amines) is 1. The van der Waals surface area contributed by atoms with Gasteiger partial charge < -0.3 is 19.7 Å². The summed E-state index contributed by atoms with van der Waals surface area (Å²) in [4.78, 5) is 31.3. The summed E-state index contributed by atoms with van der Waals surface area (Å²) in [7, 11) is 0. The summed E-state index contributed by atoms with van der Waals surface area (Å²) in [6.45, 7) is 5.08. The van der Waals surface area contributed by atoms with Crippen LogP contribution in [0.5, 0.6) is 0 Å². The first kappa shape index (κ1) is 17.9. The minimum atomic E-state index is -0.448. The summed E-state index contributed by atoms with van der Waals surface area (Å²) in [6, 6.07) is 3.82. The monoisotopic (exact) mass is 401 g/mol. The van der Waals surface area contributed by atoms with Gasteiger partial charge in [-0.1, -0.05) is 0 Å². The van der Waals surface area contributed by atoms with Crippen molar-refractivity contribution in [3.63, 3.8) is 0 Å². The highest BCUT2D eigenvalue weighted by atomic mass is 32.1. The number of pyridine rings is 1. The molecule has 0 aromatic carbocycles. The summed E-state index contributed by atoms with van der Waals surface area (Å²) >= 11 is 1.49. The molecule has 2 saturated heterocycles. The molecule has 28 heavy (non-hydrogen) atoms. The van der Waals surface area contributed by atoms with Crippen LogP contribution in [0.15, 0.2) is 24.5 Å². The van der Waals surface area contributed by atoms with Crippen LogP contribution in [0.25, 0.3) is 10.1 Å². The molecule has 2 aliphatic heterocycles. The topological polar surface area (TPSA) is 80.8 Å². The molecule has 2 aromatic heterocycles. The molecule has 3 aliphatic rings. The number of aromatic nitrogens is 1. The molecule has 1 aliphatic carbocycles. The van der Waals surface area contributed by atoms with Gasteiger partial charge in [-0.3, -0.25) is 9.78 Å². The van der Waals surface area contributed by atoms with Crippen LogP contribution >= 0.6 is 11.3 Å². The first-order valence-corrected chi connectivity index (χ1v) is 10.5. The molecule has 8 heteroatoms. The summed E-state index contributed by atoms with van der Waals surface area (Å²) in [6.07, 6.45) is 4.26. The molecule has 148 valence electrons. The Morgan fingerprint density at radius 3 is 2.86 bits per heavy atom. The van der Waals surface area contributed by atoms with Crippen molar-refractivity contribution in [2.45, 2.75) is 18.9 Å². The fourth-order valence-corrected chi connectivity index (χ4v) is 5.33. The summed E-state index contributed by atoms with van der Waals surface area (Å²) in [5.41, 5.74) is -0.448. The largest absolute Gasteiger partial charge is 0.438 e. The van der Waals surface area contributed by atoms with Crippen molar-refractivity contribution in [2.75, 3.05) is 32.8 Å². The summed E-state index contributed by atoms with van der Waals surface area (Å²) < 4.78 is 11.8. The summed E-state index contributed by atoms with van der Waals surface area (Å²) in [5, 5.41) is 4.04. The number of nitrogens with one attached hydrogen (secondary N) is 1. The average Bonchev–Trinajstić information content (AvgIpc) is 3.05.